The SMILES string of the molecule is C=CCc1cc(C(=O)N[C@@H]2CNC(=O)C2)cc(OC)c1OC. The highest BCUT2D eigenvalue weighted by Crippen LogP contribution is 2.33. The lowest BCUT2D eigenvalue weighted by Crippen LogP contribution is -2.36. The lowest BCUT2D eigenvalue weighted by atomic mass is 10.0. The molecular formula is C16H20N2O4. The van der Waals surface area contributed by atoms with E-state index in [4.69, 9.17) is 9.47 Å². The Kier molecular flexibility index (Phi) is 5.04. The van der Waals surface area contributed by atoms with Gasteiger partial charge in [-0.05, 0) is 18.6 Å². The van der Waals surface area contributed by atoms with Gasteiger partial charge < -0.3 is 20.1 Å². The summed E-state index contributed by atoms with van der Waals surface area (Å²) in [6.45, 7) is 4.17. The Morgan fingerprint density at radius 1 is 1.45 bits per heavy atom. The molecule has 0 radical (unpaired) electrons. The molecule has 0 aromatic heterocycles. The second kappa shape index (κ2) is 6.98. The molecule has 6 nitrogen and oxygen atoms in total. The summed E-state index contributed by atoms with van der Waals surface area (Å²) in [4.78, 5) is 23.5. The normalized spacial score (nSPS) is 16.8. The molecule has 118 valence electrons. The summed E-state index contributed by atoms with van der Waals surface area (Å²) in [5.74, 6) is 0.794. The van der Waals surface area contributed by atoms with Crippen LogP contribution in [0.3, 0.4) is 0 Å². The maximum absolute atomic E-state index is 12.4. The quantitative estimate of drug-likeness (QED) is 0.770. The zero-order valence-electron chi connectivity index (χ0n) is 12.8. The highest BCUT2D eigenvalue weighted by atomic mass is 16.5. The Balaban J connectivity index is 2.25. The van der Waals surface area contributed by atoms with Crippen LogP contribution in [0.15, 0.2) is 24.8 Å². The molecule has 1 aliphatic heterocycles. The van der Waals surface area contributed by atoms with E-state index in [-0.39, 0.29) is 17.9 Å². The number of nitrogens with one attached hydrogen (secondary N) is 2. The molecule has 2 amide bonds. The molecule has 6 heteroatoms. The molecule has 22 heavy (non-hydrogen) atoms. The van der Waals surface area contributed by atoms with Crippen molar-refractivity contribution in [3.8, 4) is 11.5 Å². The zero-order valence-corrected chi connectivity index (χ0v) is 12.8. The van der Waals surface area contributed by atoms with Gasteiger partial charge in [0, 0.05) is 24.1 Å². The van der Waals surface area contributed by atoms with Crippen LogP contribution in [0.2, 0.25) is 0 Å². The fraction of sp³-hybridized carbons (Fsp3) is 0.375. The van der Waals surface area contributed by atoms with Crippen LogP contribution in [0.5, 0.6) is 11.5 Å². The van der Waals surface area contributed by atoms with Gasteiger partial charge in [0.05, 0.1) is 20.3 Å². The van der Waals surface area contributed by atoms with Crippen LogP contribution in [0.25, 0.3) is 0 Å². The molecule has 1 aliphatic rings. The van der Waals surface area contributed by atoms with E-state index >= 15 is 0 Å². The third-order valence-electron chi connectivity index (χ3n) is 3.49. The van der Waals surface area contributed by atoms with Gasteiger partial charge in [-0.3, -0.25) is 9.59 Å². The summed E-state index contributed by atoms with van der Waals surface area (Å²) >= 11 is 0. The first-order valence-electron chi connectivity index (χ1n) is 7.02. The molecule has 2 N–H and O–H groups in total. The molecule has 0 unspecified atom stereocenters. The number of ether oxygens (including phenoxy) is 2. The highest BCUT2D eigenvalue weighted by Gasteiger charge is 2.24. The van der Waals surface area contributed by atoms with E-state index in [1.807, 2.05) is 0 Å². The van der Waals surface area contributed by atoms with Crippen molar-refractivity contribution in [3.05, 3.63) is 35.9 Å². The monoisotopic (exact) mass is 304 g/mol. The topological polar surface area (TPSA) is 76.7 Å². The first-order chi connectivity index (χ1) is 10.6. The number of carbonyl (C=O) groups is 2. The van der Waals surface area contributed by atoms with Gasteiger partial charge in [-0.2, -0.15) is 0 Å². The maximum atomic E-state index is 12.4. The molecule has 1 atom stereocenters. The van der Waals surface area contributed by atoms with Crippen molar-refractivity contribution >= 4 is 11.8 Å². The number of carbonyl (C=O) groups excluding carboxylic acids is 2. The van der Waals surface area contributed by atoms with Crippen molar-refractivity contribution < 1.29 is 19.1 Å². The van der Waals surface area contributed by atoms with Crippen LogP contribution in [-0.2, 0) is 11.2 Å². The molecule has 1 saturated heterocycles. The van der Waals surface area contributed by atoms with Crippen LogP contribution in [-0.4, -0.2) is 38.6 Å². The van der Waals surface area contributed by atoms with Crippen molar-refractivity contribution in [2.75, 3.05) is 20.8 Å². The molecule has 1 aromatic carbocycles. The van der Waals surface area contributed by atoms with E-state index in [1.165, 1.54) is 7.11 Å². The predicted octanol–water partition coefficient (Wildman–Crippen LogP) is 1.05. The van der Waals surface area contributed by atoms with Gasteiger partial charge in [0.2, 0.25) is 5.91 Å². The number of hydrogen-bond donors (Lipinski definition) is 2. The average molecular weight is 304 g/mol. The summed E-state index contributed by atoms with van der Waals surface area (Å²) in [5.41, 5.74) is 1.29. The van der Waals surface area contributed by atoms with E-state index in [0.717, 1.165) is 5.56 Å². The molecule has 1 heterocycles. The van der Waals surface area contributed by atoms with Gasteiger partial charge >= 0.3 is 0 Å². The fourth-order valence-corrected chi connectivity index (χ4v) is 2.46. The Morgan fingerprint density at radius 3 is 2.77 bits per heavy atom. The smallest absolute Gasteiger partial charge is 0.251 e. The molecule has 1 aromatic rings. The number of allylic oxidation sites excluding steroid dienone is 1. The Labute approximate surface area is 129 Å². The molecule has 0 saturated carbocycles. The minimum atomic E-state index is -0.243. The minimum absolute atomic E-state index is 0.0510. The van der Waals surface area contributed by atoms with Gasteiger partial charge in [-0.15, -0.1) is 6.58 Å². The highest BCUT2D eigenvalue weighted by molar-refractivity contribution is 5.96. The molecule has 0 bridgehead atoms. The second-order valence-electron chi connectivity index (χ2n) is 5.04. The van der Waals surface area contributed by atoms with Crippen molar-refractivity contribution in [1.29, 1.82) is 0 Å². The first-order valence-corrected chi connectivity index (χ1v) is 7.02. The second-order valence-corrected chi connectivity index (χ2v) is 5.04. The van der Waals surface area contributed by atoms with Gasteiger partial charge in [-0.25, -0.2) is 0 Å². The third kappa shape index (κ3) is 3.39. The Morgan fingerprint density at radius 2 is 2.23 bits per heavy atom. The number of rotatable bonds is 6. The van der Waals surface area contributed by atoms with Crippen LogP contribution in [0.4, 0.5) is 0 Å². The van der Waals surface area contributed by atoms with Gasteiger partial charge in [-0.1, -0.05) is 6.08 Å². The number of hydrogen-bond acceptors (Lipinski definition) is 4. The fourth-order valence-electron chi connectivity index (χ4n) is 2.46. The lowest BCUT2D eigenvalue weighted by molar-refractivity contribution is -0.119. The largest absolute Gasteiger partial charge is 0.493 e. The average Bonchev–Trinajstić information content (AvgIpc) is 2.91. The minimum Gasteiger partial charge on any atom is -0.493 e. The van der Waals surface area contributed by atoms with E-state index in [2.05, 4.69) is 17.2 Å². The van der Waals surface area contributed by atoms with Crippen LogP contribution in [0.1, 0.15) is 22.3 Å². The number of benzene rings is 1. The molecular weight excluding hydrogens is 284 g/mol. The van der Waals surface area contributed by atoms with Crippen LogP contribution < -0.4 is 20.1 Å². The van der Waals surface area contributed by atoms with Crippen molar-refractivity contribution in [2.24, 2.45) is 0 Å². The number of amides is 2. The third-order valence-corrected chi connectivity index (χ3v) is 3.49. The zero-order chi connectivity index (χ0) is 16.1. The summed E-state index contributed by atoms with van der Waals surface area (Å²) in [6.07, 6.45) is 2.60. The maximum Gasteiger partial charge on any atom is 0.251 e. The van der Waals surface area contributed by atoms with E-state index < -0.39 is 0 Å². The van der Waals surface area contributed by atoms with Crippen molar-refractivity contribution in [2.45, 2.75) is 18.9 Å². The van der Waals surface area contributed by atoms with Crippen molar-refractivity contribution in [1.82, 2.24) is 10.6 Å². The van der Waals surface area contributed by atoms with E-state index in [1.54, 1.807) is 25.3 Å². The molecule has 0 spiro atoms. The van der Waals surface area contributed by atoms with Crippen LogP contribution >= 0.6 is 0 Å². The Bertz CT molecular complexity index is 598. The van der Waals surface area contributed by atoms with Crippen molar-refractivity contribution in [3.63, 3.8) is 0 Å². The molecule has 0 aliphatic carbocycles. The molecule has 2 rings (SSSR count). The summed E-state index contributed by atoms with van der Waals surface area (Å²) in [7, 11) is 3.08. The van der Waals surface area contributed by atoms with Gasteiger partial charge in [0.25, 0.3) is 5.91 Å². The standard InChI is InChI=1S/C16H20N2O4/c1-4-5-10-6-11(7-13(21-2)15(10)22-3)16(20)18-12-8-14(19)17-9-12/h4,6-7,12H,1,5,8-9H2,2-3H3,(H,17,19)(H,18,20)/t12-/m0/s1. The van der Waals surface area contributed by atoms with Gasteiger partial charge in [0.15, 0.2) is 11.5 Å². The summed E-state index contributed by atoms with van der Waals surface area (Å²) in [5, 5.41) is 5.53. The summed E-state index contributed by atoms with van der Waals surface area (Å²) < 4.78 is 10.6. The lowest BCUT2D eigenvalue weighted by Gasteiger charge is -2.15. The van der Waals surface area contributed by atoms with Gasteiger partial charge in [0.1, 0.15) is 0 Å². The number of methoxy groups -OCH3 is 2. The van der Waals surface area contributed by atoms with E-state index in [0.29, 0.717) is 36.4 Å². The predicted molar refractivity (Wildman–Crippen MR) is 82.3 cm³/mol. The molecule has 1 fully saturated rings. The Hall–Kier alpha value is -2.50. The van der Waals surface area contributed by atoms with Crippen LogP contribution in [0, 0.1) is 0 Å². The summed E-state index contributed by atoms with van der Waals surface area (Å²) in [6, 6.07) is 3.20. The first kappa shape index (κ1) is 15.9. The van der Waals surface area contributed by atoms with E-state index in [9.17, 15) is 9.59 Å².